The molecule has 0 amide bonds. The van der Waals surface area contributed by atoms with Crippen molar-refractivity contribution >= 4 is 29.1 Å². The molecule has 0 saturated carbocycles. The zero-order chi connectivity index (χ0) is 14.4. The highest BCUT2D eigenvalue weighted by molar-refractivity contribution is 6.33. The number of anilines is 1. The van der Waals surface area contributed by atoms with Gasteiger partial charge in [0.15, 0.2) is 0 Å². The van der Waals surface area contributed by atoms with Crippen molar-refractivity contribution < 1.29 is 14.5 Å². The number of hydrogen-bond acceptors (Lipinski definition) is 6. The molecule has 8 heteroatoms. The molecular formula is C11H12ClN3O4. The lowest BCUT2D eigenvalue weighted by Gasteiger charge is -2.03. The van der Waals surface area contributed by atoms with E-state index in [1.807, 2.05) is 0 Å². The van der Waals surface area contributed by atoms with Crippen molar-refractivity contribution in [2.45, 2.75) is 13.3 Å². The van der Waals surface area contributed by atoms with Crippen LogP contribution in [0.2, 0.25) is 5.02 Å². The predicted molar refractivity (Wildman–Crippen MR) is 71.1 cm³/mol. The number of halogens is 1. The second kappa shape index (κ2) is 6.69. The van der Waals surface area contributed by atoms with Gasteiger partial charge in [0.2, 0.25) is 0 Å². The largest absolute Gasteiger partial charge is 0.465 e. The molecular weight excluding hydrogens is 274 g/mol. The summed E-state index contributed by atoms with van der Waals surface area (Å²) in [6.07, 6.45) is 0.178. The van der Waals surface area contributed by atoms with Crippen molar-refractivity contribution in [2.75, 3.05) is 12.5 Å². The van der Waals surface area contributed by atoms with Gasteiger partial charge in [0.25, 0.3) is 0 Å². The van der Waals surface area contributed by atoms with Gasteiger partial charge in [-0.25, -0.2) is 4.79 Å². The Bertz CT molecular complexity index is 531. The average Bonchev–Trinajstić information content (AvgIpc) is 2.40. The number of methoxy groups -OCH3 is 1. The highest BCUT2D eigenvalue weighted by atomic mass is 35.5. The molecule has 19 heavy (non-hydrogen) atoms. The number of nitrogens with one attached hydrogen (secondary N) is 1. The Morgan fingerprint density at radius 1 is 1.58 bits per heavy atom. The molecule has 0 atom stereocenters. The van der Waals surface area contributed by atoms with E-state index in [0.717, 1.165) is 0 Å². The molecule has 0 fully saturated rings. The Morgan fingerprint density at radius 3 is 2.79 bits per heavy atom. The van der Waals surface area contributed by atoms with Gasteiger partial charge in [-0.1, -0.05) is 18.5 Å². The van der Waals surface area contributed by atoms with E-state index in [1.165, 1.54) is 19.2 Å². The van der Waals surface area contributed by atoms with E-state index >= 15 is 0 Å². The molecule has 1 aromatic rings. The summed E-state index contributed by atoms with van der Waals surface area (Å²) in [5.74, 6) is -0.808. The van der Waals surface area contributed by atoms with E-state index in [4.69, 9.17) is 11.6 Å². The Kier molecular flexibility index (Phi) is 5.25. The molecule has 0 spiro atoms. The normalized spacial score (nSPS) is 11.0. The Hall–Kier alpha value is -2.15. The molecule has 0 bridgehead atoms. The van der Waals surface area contributed by atoms with Gasteiger partial charge in [-0.05, 0) is 23.1 Å². The SMILES string of the molecule is CC/C(=N\Nc1ccc(Cl)c(C(=O)OC)c1)[N+](=O)[O-]. The number of nitro groups is 1. The number of hydrazone groups is 1. The third-order valence-electron chi connectivity index (χ3n) is 2.21. The summed E-state index contributed by atoms with van der Waals surface area (Å²) in [5.41, 5.74) is 3.06. The molecule has 1 aromatic carbocycles. The molecule has 0 aliphatic carbocycles. The number of esters is 1. The quantitative estimate of drug-likeness (QED) is 0.302. The first-order valence-electron chi connectivity index (χ1n) is 5.34. The lowest BCUT2D eigenvalue weighted by molar-refractivity contribution is -0.353. The van der Waals surface area contributed by atoms with Crippen molar-refractivity contribution in [1.29, 1.82) is 0 Å². The number of ether oxygens (including phenoxy) is 1. The second-order valence-corrected chi connectivity index (χ2v) is 3.84. The van der Waals surface area contributed by atoms with Gasteiger partial charge in [-0.2, -0.15) is 5.43 Å². The van der Waals surface area contributed by atoms with Crippen LogP contribution in [0.25, 0.3) is 0 Å². The van der Waals surface area contributed by atoms with Gasteiger partial charge in [0, 0.05) is 0 Å². The maximum absolute atomic E-state index is 11.4. The Labute approximate surface area is 114 Å². The van der Waals surface area contributed by atoms with Crippen molar-refractivity contribution in [3.63, 3.8) is 0 Å². The molecule has 0 radical (unpaired) electrons. The number of amidine groups is 1. The number of hydrogen-bond donors (Lipinski definition) is 1. The van der Waals surface area contributed by atoms with E-state index in [-0.39, 0.29) is 22.8 Å². The lowest BCUT2D eigenvalue weighted by atomic mass is 10.2. The molecule has 0 unspecified atom stereocenters. The van der Waals surface area contributed by atoms with Crippen molar-refractivity contribution in [2.24, 2.45) is 5.10 Å². The molecule has 7 nitrogen and oxygen atoms in total. The van der Waals surface area contributed by atoms with Gasteiger partial charge < -0.3 is 14.9 Å². The first-order chi connectivity index (χ1) is 8.99. The maximum Gasteiger partial charge on any atom is 0.363 e. The number of benzene rings is 1. The zero-order valence-corrected chi connectivity index (χ0v) is 11.1. The van der Waals surface area contributed by atoms with Gasteiger partial charge in [0.05, 0.1) is 34.9 Å². The van der Waals surface area contributed by atoms with E-state index in [9.17, 15) is 14.9 Å². The van der Waals surface area contributed by atoms with E-state index in [2.05, 4.69) is 15.3 Å². The highest BCUT2D eigenvalue weighted by Gasteiger charge is 2.13. The minimum Gasteiger partial charge on any atom is -0.465 e. The fourth-order valence-corrected chi connectivity index (χ4v) is 1.43. The molecule has 0 aliphatic heterocycles. The van der Waals surface area contributed by atoms with E-state index in [0.29, 0.717) is 5.69 Å². The van der Waals surface area contributed by atoms with Crippen LogP contribution in [0.1, 0.15) is 23.7 Å². The first-order valence-corrected chi connectivity index (χ1v) is 5.72. The van der Waals surface area contributed by atoms with Crippen molar-refractivity contribution in [3.8, 4) is 0 Å². The van der Waals surface area contributed by atoms with Crippen LogP contribution in [0.5, 0.6) is 0 Å². The highest BCUT2D eigenvalue weighted by Crippen LogP contribution is 2.21. The topological polar surface area (TPSA) is 93.8 Å². The Balaban J connectivity index is 2.97. The molecule has 1 rings (SSSR count). The summed E-state index contributed by atoms with van der Waals surface area (Å²) in [4.78, 5) is 21.4. The first kappa shape index (κ1) is 14.9. The molecule has 0 saturated heterocycles. The molecule has 102 valence electrons. The fourth-order valence-electron chi connectivity index (χ4n) is 1.24. The van der Waals surface area contributed by atoms with Gasteiger partial charge in [-0.15, -0.1) is 0 Å². The summed E-state index contributed by atoms with van der Waals surface area (Å²) in [6.45, 7) is 1.62. The molecule has 0 heterocycles. The summed E-state index contributed by atoms with van der Waals surface area (Å²) >= 11 is 5.84. The Morgan fingerprint density at radius 2 is 2.26 bits per heavy atom. The minimum atomic E-state index is -0.595. The van der Waals surface area contributed by atoms with E-state index in [1.54, 1.807) is 13.0 Å². The molecule has 0 aromatic heterocycles. The van der Waals surface area contributed by atoms with Crippen LogP contribution in [0.3, 0.4) is 0 Å². The van der Waals surface area contributed by atoms with E-state index < -0.39 is 10.9 Å². The van der Waals surface area contributed by atoms with Crippen LogP contribution in [0.15, 0.2) is 23.3 Å². The fraction of sp³-hybridized carbons (Fsp3) is 0.273. The number of rotatable bonds is 4. The number of carbonyl (C=O) groups is 1. The summed E-state index contributed by atoms with van der Waals surface area (Å²) in [7, 11) is 1.23. The standard InChI is InChI=1S/C11H12ClN3O4/c1-3-10(15(17)18)14-13-7-4-5-9(12)8(6-7)11(16)19-2/h4-6,13H,3H2,1-2H3/b14-10+. The van der Waals surface area contributed by atoms with Gasteiger partial charge >= 0.3 is 11.8 Å². The van der Waals surface area contributed by atoms with Crippen LogP contribution in [0, 0.1) is 10.1 Å². The average molecular weight is 286 g/mol. The van der Waals surface area contributed by atoms with Crippen molar-refractivity contribution in [3.05, 3.63) is 38.9 Å². The van der Waals surface area contributed by atoms with Crippen LogP contribution in [-0.4, -0.2) is 23.8 Å². The monoisotopic (exact) mass is 285 g/mol. The van der Waals surface area contributed by atoms with Crippen LogP contribution in [0.4, 0.5) is 5.69 Å². The smallest absolute Gasteiger partial charge is 0.363 e. The molecule has 1 N–H and O–H groups in total. The number of nitrogens with zero attached hydrogens (tertiary/aromatic N) is 2. The second-order valence-electron chi connectivity index (χ2n) is 3.44. The third-order valence-corrected chi connectivity index (χ3v) is 2.54. The van der Waals surface area contributed by atoms with Crippen molar-refractivity contribution in [1.82, 2.24) is 0 Å². The molecule has 0 aliphatic rings. The summed E-state index contributed by atoms with van der Waals surface area (Å²) in [6, 6.07) is 4.43. The number of carbonyl (C=O) groups excluding carboxylic acids is 1. The summed E-state index contributed by atoms with van der Waals surface area (Å²) < 4.78 is 4.56. The van der Waals surface area contributed by atoms with Crippen LogP contribution < -0.4 is 5.43 Å². The third kappa shape index (κ3) is 3.92. The predicted octanol–water partition coefficient (Wildman–Crippen LogP) is 2.54. The maximum atomic E-state index is 11.4. The lowest BCUT2D eigenvalue weighted by Crippen LogP contribution is -2.12. The van der Waals surface area contributed by atoms with Gasteiger partial charge in [0.1, 0.15) is 0 Å². The van der Waals surface area contributed by atoms with Crippen LogP contribution in [-0.2, 0) is 4.74 Å². The summed E-state index contributed by atoms with van der Waals surface area (Å²) in [5, 5.41) is 14.4. The van der Waals surface area contributed by atoms with Crippen LogP contribution >= 0.6 is 11.6 Å². The zero-order valence-electron chi connectivity index (χ0n) is 10.3. The van der Waals surface area contributed by atoms with Gasteiger partial charge in [-0.3, -0.25) is 0 Å². The minimum absolute atomic E-state index is 0.156.